The molecule has 3 atom stereocenters. The van der Waals surface area contributed by atoms with E-state index in [1.165, 1.54) is 17.7 Å². The summed E-state index contributed by atoms with van der Waals surface area (Å²) in [7, 11) is 3.98. The Morgan fingerprint density at radius 2 is 2.24 bits per heavy atom. The maximum absolute atomic E-state index is 6.37. The van der Waals surface area contributed by atoms with Crippen LogP contribution in [0.1, 0.15) is 23.9 Å². The van der Waals surface area contributed by atoms with Gasteiger partial charge in [-0.05, 0) is 26.0 Å². The predicted molar refractivity (Wildman–Crippen MR) is 116 cm³/mol. The lowest BCUT2D eigenvalue weighted by molar-refractivity contribution is -0.0611. The lowest BCUT2D eigenvalue weighted by Crippen LogP contribution is -2.54. The molecular formula is C20H30ClN5O2S. The van der Waals surface area contributed by atoms with Gasteiger partial charge in [-0.1, -0.05) is 11.6 Å². The van der Waals surface area contributed by atoms with E-state index in [0.717, 1.165) is 49.5 Å². The highest BCUT2D eigenvalue weighted by Gasteiger charge is 2.35. The number of aromatic nitrogens is 2. The molecule has 7 nitrogen and oxygen atoms in total. The SMILES string of the molecule is COCCN(C)C1CCCN(C(c2cc3ncncc3s2)N2CCOC(Cl)C2)C1. The van der Waals surface area contributed by atoms with Crippen LogP contribution >= 0.6 is 22.9 Å². The molecule has 2 aromatic heterocycles. The topological polar surface area (TPSA) is 54.0 Å². The van der Waals surface area contributed by atoms with Gasteiger partial charge >= 0.3 is 0 Å². The molecule has 0 radical (unpaired) electrons. The van der Waals surface area contributed by atoms with Crippen molar-refractivity contribution in [1.82, 2.24) is 24.7 Å². The molecule has 2 fully saturated rings. The zero-order valence-corrected chi connectivity index (χ0v) is 18.7. The third-order valence-corrected chi connectivity index (χ3v) is 7.28. The van der Waals surface area contributed by atoms with Crippen molar-refractivity contribution in [3.63, 3.8) is 0 Å². The molecule has 9 heteroatoms. The molecule has 2 aliphatic heterocycles. The quantitative estimate of drug-likeness (QED) is 0.614. The molecule has 29 heavy (non-hydrogen) atoms. The number of hydrogen-bond acceptors (Lipinski definition) is 8. The van der Waals surface area contributed by atoms with Crippen LogP contribution in [0.4, 0.5) is 0 Å². The second kappa shape index (κ2) is 9.96. The maximum atomic E-state index is 6.37. The Bertz CT molecular complexity index is 760. The van der Waals surface area contributed by atoms with Gasteiger partial charge in [0.1, 0.15) is 11.9 Å². The van der Waals surface area contributed by atoms with Crippen molar-refractivity contribution in [2.24, 2.45) is 0 Å². The third kappa shape index (κ3) is 5.07. The number of halogens is 1. The number of nitrogens with zero attached hydrogens (tertiary/aromatic N) is 5. The van der Waals surface area contributed by atoms with E-state index in [4.69, 9.17) is 21.1 Å². The fourth-order valence-corrected chi connectivity index (χ4v) is 5.78. The van der Waals surface area contributed by atoms with Gasteiger partial charge in [-0.2, -0.15) is 0 Å². The van der Waals surface area contributed by atoms with Gasteiger partial charge < -0.3 is 9.47 Å². The summed E-state index contributed by atoms with van der Waals surface area (Å²) in [6.45, 7) is 6.13. The first-order valence-electron chi connectivity index (χ1n) is 10.3. The number of methoxy groups -OCH3 is 1. The van der Waals surface area contributed by atoms with Gasteiger partial charge in [0.2, 0.25) is 0 Å². The lowest BCUT2D eigenvalue weighted by atomic mass is 10.0. The van der Waals surface area contributed by atoms with Gasteiger partial charge in [-0.25, -0.2) is 9.97 Å². The number of ether oxygens (including phenoxy) is 2. The molecule has 2 aromatic rings. The van der Waals surface area contributed by atoms with Gasteiger partial charge in [0.15, 0.2) is 0 Å². The summed E-state index contributed by atoms with van der Waals surface area (Å²) in [4.78, 5) is 17.5. The number of rotatable bonds is 7. The first-order valence-corrected chi connectivity index (χ1v) is 11.5. The number of fused-ring (bicyclic) bond motifs is 1. The van der Waals surface area contributed by atoms with Crippen LogP contribution in [0.25, 0.3) is 10.2 Å². The minimum absolute atomic E-state index is 0.193. The van der Waals surface area contributed by atoms with E-state index in [1.54, 1.807) is 24.8 Å². The highest BCUT2D eigenvalue weighted by atomic mass is 35.5. The molecule has 2 aliphatic rings. The molecule has 0 bridgehead atoms. The van der Waals surface area contributed by atoms with Gasteiger partial charge in [0.25, 0.3) is 0 Å². The van der Waals surface area contributed by atoms with Crippen molar-refractivity contribution in [2.75, 3.05) is 60.1 Å². The van der Waals surface area contributed by atoms with Gasteiger partial charge in [0, 0.05) is 56.9 Å². The standard InChI is InChI=1S/C20H30ClN5O2S/c1-24(6-8-27-2)15-4-3-5-25(12-15)20(26-7-9-28-19(21)13-26)17-10-16-18(29-17)11-22-14-23-16/h10-11,14-15,19-20H,3-9,12-13H2,1-2H3. The summed E-state index contributed by atoms with van der Waals surface area (Å²) >= 11 is 8.16. The molecular weight excluding hydrogens is 410 g/mol. The van der Waals surface area contributed by atoms with Crippen LogP contribution in [0.2, 0.25) is 0 Å². The fraction of sp³-hybridized carbons (Fsp3) is 0.700. The Kier molecular flexibility index (Phi) is 7.34. The highest BCUT2D eigenvalue weighted by Crippen LogP contribution is 2.36. The van der Waals surface area contributed by atoms with Crippen LogP contribution in [0.3, 0.4) is 0 Å². The van der Waals surface area contributed by atoms with E-state index in [1.807, 2.05) is 6.20 Å². The molecule has 160 valence electrons. The molecule has 0 amide bonds. The van der Waals surface area contributed by atoms with E-state index in [0.29, 0.717) is 12.6 Å². The minimum atomic E-state index is -0.259. The molecule has 2 saturated heterocycles. The summed E-state index contributed by atoms with van der Waals surface area (Å²) in [5, 5.41) is 0. The zero-order valence-electron chi connectivity index (χ0n) is 17.2. The Balaban J connectivity index is 1.59. The number of likely N-dealkylation sites (N-methyl/N-ethyl adjacent to an activating group) is 1. The minimum Gasteiger partial charge on any atom is -0.383 e. The summed E-state index contributed by atoms with van der Waals surface area (Å²) in [5.74, 6) is 0. The number of thiophene rings is 1. The number of likely N-dealkylation sites (tertiary alicyclic amines) is 1. The number of alkyl halides is 1. The van der Waals surface area contributed by atoms with Crippen molar-refractivity contribution < 1.29 is 9.47 Å². The Morgan fingerprint density at radius 1 is 1.38 bits per heavy atom. The molecule has 4 rings (SSSR count). The average molecular weight is 440 g/mol. The molecule has 0 saturated carbocycles. The predicted octanol–water partition coefficient (Wildman–Crippen LogP) is 2.63. The highest BCUT2D eigenvalue weighted by molar-refractivity contribution is 7.19. The number of hydrogen-bond donors (Lipinski definition) is 0. The fourth-order valence-electron chi connectivity index (χ4n) is 4.35. The molecule has 0 spiro atoms. The zero-order chi connectivity index (χ0) is 20.2. The van der Waals surface area contributed by atoms with Crippen molar-refractivity contribution in [3.05, 3.63) is 23.5 Å². The van der Waals surface area contributed by atoms with E-state index < -0.39 is 0 Å². The molecule has 0 aromatic carbocycles. The van der Waals surface area contributed by atoms with Crippen LogP contribution in [-0.2, 0) is 9.47 Å². The van der Waals surface area contributed by atoms with Crippen LogP contribution in [0, 0.1) is 0 Å². The Morgan fingerprint density at radius 3 is 3.03 bits per heavy atom. The smallest absolute Gasteiger partial charge is 0.143 e. The normalized spacial score (nSPS) is 25.7. The first kappa shape index (κ1) is 21.4. The second-order valence-electron chi connectivity index (χ2n) is 7.83. The van der Waals surface area contributed by atoms with Gasteiger partial charge in [-0.15, -0.1) is 11.3 Å². The van der Waals surface area contributed by atoms with Crippen molar-refractivity contribution in [3.8, 4) is 0 Å². The Labute approximate surface area is 181 Å². The summed E-state index contributed by atoms with van der Waals surface area (Å²) in [6, 6.07) is 2.76. The van der Waals surface area contributed by atoms with Gasteiger partial charge in [-0.3, -0.25) is 14.7 Å². The second-order valence-corrected chi connectivity index (χ2v) is 9.44. The third-order valence-electron chi connectivity index (χ3n) is 5.92. The number of piperidine rings is 1. The van der Waals surface area contributed by atoms with Crippen molar-refractivity contribution in [2.45, 2.75) is 30.6 Å². The largest absolute Gasteiger partial charge is 0.383 e. The van der Waals surface area contributed by atoms with Crippen molar-refractivity contribution >= 4 is 33.2 Å². The Hall–Kier alpha value is -0.870. The monoisotopic (exact) mass is 439 g/mol. The summed E-state index contributed by atoms with van der Waals surface area (Å²) < 4.78 is 12.0. The maximum Gasteiger partial charge on any atom is 0.143 e. The van der Waals surface area contributed by atoms with E-state index in [9.17, 15) is 0 Å². The molecule has 0 aliphatic carbocycles. The molecule has 4 heterocycles. The molecule has 3 unspecified atom stereocenters. The van der Waals surface area contributed by atoms with E-state index in [2.05, 4.69) is 37.8 Å². The van der Waals surface area contributed by atoms with Crippen LogP contribution in [0.5, 0.6) is 0 Å². The number of morpholine rings is 1. The summed E-state index contributed by atoms with van der Waals surface area (Å²) in [6.07, 6.45) is 6.15. The average Bonchev–Trinajstić information content (AvgIpc) is 3.16. The van der Waals surface area contributed by atoms with Crippen LogP contribution in [0.15, 0.2) is 18.6 Å². The first-order chi connectivity index (χ1) is 14.2. The van der Waals surface area contributed by atoms with Crippen LogP contribution in [-0.4, -0.2) is 96.4 Å². The lowest BCUT2D eigenvalue weighted by Gasteiger charge is -2.46. The molecule has 0 N–H and O–H groups in total. The van der Waals surface area contributed by atoms with E-state index >= 15 is 0 Å². The van der Waals surface area contributed by atoms with Crippen LogP contribution < -0.4 is 0 Å². The van der Waals surface area contributed by atoms with Crippen molar-refractivity contribution in [1.29, 1.82) is 0 Å². The van der Waals surface area contributed by atoms with E-state index in [-0.39, 0.29) is 11.7 Å². The van der Waals surface area contributed by atoms with Gasteiger partial charge in [0.05, 0.1) is 29.6 Å². The summed E-state index contributed by atoms with van der Waals surface area (Å²) in [5.41, 5.74) is 0.761.